The third-order valence-electron chi connectivity index (χ3n) is 5.30. The Kier molecular flexibility index (Phi) is 6.75. The van der Waals surface area contributed by atoms with Crippen molar-refractivity contribution in [2.75, 3.05) is 31.5 Å². The number of carbonyl (C=O) groups excluding carboxylic acids is 1. The lowest BCUT2D eigenvalue weighted by molar-refractivity contribution is -0.137. The second-order valence-corrected chi connectivity index (χ2v) is 7.36. The molecule has 0 unspecified atom stereocenters. The van der Waals surface area contributed by atoms with Gasteiger partial charge in [0.1, 0.15) is 0 Å². The molecule has 0 saturated carbocycles. The molecule has 1 fully saturated rings. The van der Waals surface area contributed by atoms with Crippen LogP contribution in [0.5, 0.6) is 0 Å². The first-order chi connectivity index (χ1) is 14.3. The van der Waals surface area contributed by atoms with E-state index in [9.17, 15) is 18.0 Å². The molecule has 0 aliphatic carbocycles. The minimum absolute atomic E-state index is 0.240. The molecule has 0 aromatic heterocycles. The van der Waals surface area contributed by atoms with E-state index in [0.717, 1.165) is 50.4 Å². The van der Waals surface area contributed by atoms with Gasteiger partial charge in [0, 0.05) is 38.4 Å². The summed E-state index contributed by atoms with van der Waals surface area (Å²) in [5.74, 6) is -0.240. The number of alkyl halides is 3. The van der Waals surface area contributed by atoms with E-state index in [2.05, 4.69) is 21.2 Å². The van der Waals surface area contributed by atoms with Crippen LogP contribution in [0.1, 0.15) is 23.6 Å². The van der Waals surface area contributed by atoms with Crippen LogP contribution in [0.4, 0.5) is 18.9 Å². The number of halogens is 3. The van der Waals surface area contributed by atoms with Crippen molar-refractivity contribution in [3.8, 4) is 6.07 Å². The number of piperazine rings is 1. The quantitative estimate of drug-likeness (QED) is 0.807. The molecule has 8 heteroatoms. The number of rotatable bonds is 5. The van der Waals surface area contributed by atoms with Crippen LogP contribution < -0.4 is 5.32 Å². The summed E-state index contributed by atoms with van der Waals surface area (Å²) in [6.45, 7) is 5.63. The molecule has 1 aliphatic heterocycles. The number of nitriles is 1. The molecule has 3 rings (SSSR count). The number of nitrogens with one attached hydrogen (secondary N) is 1. The van der Waals surface area contributed by atoms with Crippen LogP contribution in [0.3, 0.4) is 0 Å². The Morgan fingerprint density at radius 1 is 1.07 bits per heavy atom. The maximum absolute atomic E-state index is 12.6. The van der Waals surface area contributed by atoms with Crippen molar-refractivity contribution in [3.63, 3.8) is 0 Å². The van der Waals surface area contributed by atoms with E-state index >= 15 is 0 Å². The van der Waals surface area contributed by atoms with E-state index in [1.54, 1.807) is 19.1 Å². The molecule has 0 radical (unpaired) electrons. The summed E-state index contributed by atoms with van der Waals surface area (Å²) in [5, 5.41) is 11.6. The molecule has 0 bridgehead atoms. The summed E-state index contributed by atoms with van der Waals surface area (Å²) in [6.07, 6.45) is -4.40. The van der Waals surface area contributed by atoms with Crippen molar-refractivity contribution in [1.29, 1.82) is 5.26 Å². The van der Waals surface area contributed by atoms with E-state index in [0.29, 0.717) is 11.3 Å². The minimum atomic E-state index is -4.40. The number of carbonyl (C=O) groups is 1. The standard InChI is InChI=1S/C22H23F3N4O/c1-16(21(30)27-20-8-6-19(7-9-20)22(23,24)25)29-12-10-28(11-13-29)15-18-4-2-17(14-26)3-5-18/h2-9,16H,10-13,15H2,1H3,(H,27,30)/t16-/m0/s1. The Morgan fingerprint density at radius 2 is 1.67 bits per heavy atom. The molecule has 1 N–H and O–H groups in total. The summed E-state index contributed by atoms with van der Waals surface area (Å²) in [5.41, 5.74) is 1.37. The molecule has 1 heterocycles. The predicted octanol–water partition coefficient (Wildman–Crippen LogP) is 3.72. The zero-order valence-electron chi connectivity index (χ0n) is 16.6. The number of anilines is 1. The molecule has 1 amide bonds. The topological polar surface area (TPSA) is 59.4 Å². The molecule has 1 atom stereocenters. The highest BCUT2D eigenvalue weighted by Gasteiger charge is 2.30. The lowest BCUT2D eigenvalue weighted by Gasteiger charge is -2.37. The van der Waals surface area contributed by atoms with Gasteiger partial charge in [0.2, 0.25) is 5.91 Å². The molecule has 1 aliphatic rings. The average Bonchev–Trinajstić information content (AvgIpc) is 2.74. The van der Waals surface area contributed by atoms with Gasteiger partial charge < -0.3 is 5.32 Å². The molecular formula is C22H23F3N4O. The average molecular weight is 416 g/mol. The largest absolute Gasteiger partial charge is 0.416 e. The summed E-state index contributed by atoms with van der Waals surface area (Å²) >= 11 is 0. The number of nitrogens with zero attached hydrogens (tertiary/aromatic N) is 3. The monoisotopic (exact) mass is 416 g/mol. The van der Waals surface area contributed by atoms with Crippen LogP contribution in [0, 0.1) is 11.3 Å². The minimum Gasteiger partial charge on any atom is -0.325 e. The van der Waals surface area contributed by atoms with Gasteiger partial charge >= 0.3 is 6.18 Å². The third-order valence-corrected chi connectivity index (χ3v) is 5.30. The highest BCUT2D eigenvalue weighted by molar-refractivity contribution is 5.94. The number of hydrogen-bond donors (Lipinski definition) is 1. The summed E-state index contributed by atoms with van der Waals surface area (Å²) < 4.78 is 37.9. The first-order valence-electron chi connectivity index (χ1n) is 9.70. The van der Waals surface area contributed by atoms with Crippen molar-refractivity contribution in [2.45, 2.75) is 25.7 Å². The van der Waals surface area contributed by atoms with Gasteiger partial charge in [-0.2, -0.15) is 18.4 Å². The summed E-state index contributed by atoms with van der Waals surface area (Å²) in [6, 6.07) is 13.7. The van der Waals surface area contributed by atoms with Crippen LogP contribution in [0.2, 0.25) is 0 Å². The number of amides is 1. The molecule has 1 saturated heterocycles. The summed E-state index contributed by atoms with van der Waals surface area (Å²) in [7, 11) is 0. The maximum Gasteiger partial charge on any atom is 0.416 e. The Hall–Kier alpha value is -2.89. The second-order valence-electron chi connectivity index (χ2n) is 7.36. The van der Waals surface area contributed by atoms with E-state index in [4.69, 9.17) is 5.26 Å². The van der Waals surface area contributed by atoms with Crippen molar-refractivity contribution in [2.24, 2.45) is 0 Å². The van der Waals surface area contributed by atoms with Gasteiger partial charge in [-0.1, -0.05) is 12.1 Å². The van der Waals surface area contributed by atoms with Gasteiger partial charge in [0.25, 0.3) is 0 Å². The molecule has 2 aromatic carbocycles. The van der Waals surface area contributed by atoms with Gasteiger partial charge in [0.15, 0.2) is 0 Å². The van der Waals surface area contributed by atoms with E-state index in [-0.39, 0.29) is 11.9 Å². The Bertz CT molecular complexity index is 896. The lowest BCUT2D eigenvalue weighted by Crippen LogP contribution is -2.52. The highest BCUT2D eigenvalue weighted by atomic mass is 19.4. The van der Waals surface area contributed by atoms with Crippen LogP contribution in [-0.2, 0) is 17.5 Å². The van der Waals surface area contributed by atoms with E-state index in [1.165, 1.54) is 12.1 Å². The number of benzene rings is 2. The van der Waals surface area contributed by atoms with Gasteiger partial charge in [-0.25, -0.2) is 0 Å². The predicted molar refractivity (Wildman–Crippen MR) is 108 cm³/mol. The van der Waals surface area contributed by atoms with Crippen molar-refractivity contribution >= 4 is 11.6 Å². The van der Waals surface area contributed by atoms with E-state index in [1.807, 2.05) is 12.1 Å². The van der Waals surface area contributed by atoms with Crippen molar-refractivity contribution in [3.05, 3.63) is 65.2 Å². The van der Waals surface area contributed by atoms with Crippen LogP contribution in [0.25, 0.3) is 0 Å². The van der Waals surface area contributed by atoms with Gasteiger partial charge in [0.05, 0.1) is 23.2 Å². The van der Waals surface area contributed by atoms with Crippen LogP contribution >= 0.6 is 0 Å². The molecule has 30 heavy (non-hydrogen) atoms. The number of hydrogen-bond acceptors (Lipinski definition) is 4. The van der Waals surface area contributed by atoms with E-state index < -0.39 is 11.7 Å². The fourth-order valence-electron chi connectivity index (χ4n) is 3.41. The lowest BCUT2D eigenvalue weighted by atomic mass is 10.1. The van der Waals surface area contributed by atoms with Crippen molar-refractivity contribution in [1.82, 2.24) is 9.80 Å². The summed E-state index contributed by atoms with van der Waals surface area (Å²) in [4.78, 5) is 16.9. The van der Waals surface area contributed by atoms with Crippen LogP contribution in [-0.4, -0.2) is 47.9 Å². The van der Waals surface area contributed by atoms with Gasteiger partial charge in [-0.15, -0.1) is 0 Å². The SMILES string of the molecule is C[C@@H](C(=O)Nc1ccc(C(F)(F)F)cc1)N1CCN(Cc2ccc(C#N)cc2)CC1. The van der Waals surface area contributed by atoms with Gasteiger partial charge in [-0.3, -0.25) is 14.6 Å². The molecule has 5 nitrogen and oxygen atoms in total. The Balaban J connectivity index is 1.48. The Morgan fingerprint density at radius 3 is 2.20 bits per heavy atom. The fourth-order valence-corrected chi connectivity index (χ4v) is 3.41. The molecule has 158 valence electrons. The zero-order chi connectivity index (χ0) is 21.7. The first-order valence-corrected chi connectivity index (χ1v) is 9.70. The second kappa shape index (κ2) is 9.28. The molecular weight excluding hydrogens is 393 g/mol. The van der Waals surface area contributed by atoms with Crippen LogP contribution in [0.15, 0.2) is 48.5 Å². The highest BCUT2D eigenvalue weighted by Crippen LogP contribution is 2.29. The normalized spacial score (nSPS) is 16.6. The molecule has 0 spiro atoms. The fraction of sp³-hybridized carbons (Fsp3) is 0.364. The van der Waals surface area contributed by atoms with Crippen molar-refractivity contribution < 1.29 is 18.0 Å². The third kappa shape index (κ3) is 5.59. The molecule has 2 aromatic rings. The zero-order valence-corrected chi connectivity index (χ0v) is 16.6. The van der Waals surface area contributed by atoms with Gasteiger partial charge in [-0.05, 0) is 48.9 Å². The first kappa shape index (κ1) is 21.8. The smallest absolute Gasteiger partial charge is 0.325 e. The maximum atomic E-state index is 12.6. The Labute approximate surface area is 173 Å².